The Balaban J connectivity index is 0.00000364. The van der Waals surface area contributed by atoms with Gasteiger partial charge in [-0.1, -0.05) is 28.1 Å². The molecule has 8 heteroatoms. The van der Waals surface area contributed by atoms with Gasteiger partial charge in [-0.05, 0) is 37.5 Å². The van der Waals surface area contributed by atoms with Crippen LogP contribution in [-0.2, 0) is 16.1 Å². The van der Waals surface area contributed by atoms with Crippen molar-refractivity contribution in [2.45, 2.75) is 38.8 Å². The molecule has 0 amide bonds. The van der Waals surface area contributed by atoms with Crippen molar-refractivity contribution in [1.29, 1.82) is 0 Å². The summed E-state index contributed by atoms with van der Waals surface area (Å²) in [6, 6.07) is 8.94. The highest BCUT2D eigenvalue weighted by Crippen LogP contribution is 2.16. The SMILES string of the molecule is CCNC(=NCCC(=O)OC)NC1CCN(Cc2ccc(Br)cc2)CC1.I. The van der Waals surface area contributed by atoms with E-state index in [1.54, 1.807) is 0 Å². The largest absolute Gasteiger partial charge is 0.469 e. The van der Waals surface area contributed by atoms with E-state index in [1.165, 1.54) is 12.7 Å². The fraction of sp³-hybridized carbons (Fsp3) is 0.579. The fourth-order valence-corrected chi connectivity index (χ4v) is 3.22. The molecule has 1 heterocycles. The summed E-state index contributed by atoms with van der Waals surface area (Å²) in [6.45, 7) is 6.40. The number of likely N-dealkylation sites (tertiary alicyclic amines) is 1. The second-order valence-corrected chi connectivity index (χ2v) is 7.32. The number of ether oxygens (including phenoxy) is 1. The first-order valence-corrected chi connectivity index (χ1v) is 9.98. The number of carbonyl (C=O) groups is 1. The average Bonchev–Trinajstić information content (AvgIpc) is 2.65. The molecule has 0 aliphatic carbocycles. The second kappa shape index (κ2) is 13.3. The number of benzene rings is 1. The van der Waals surface area contributed by atoms with E-state index in [0.29, 0.717) is 19.0 Å². The van der Waals surface area contributed by atoms with E-state index in [1.807, 2.05) is 6.92 Å². The molecular formula is C19H30BrIN4O2. The molecule has 1 saturated heterocycles. The highest BCUT2D eigenvalue weighted by molar-refractivity contribution is 14.0. The molecule has 0 saturated carbocycles. The van der Waals surface area contributed by atoms with Crippen LogP contribution in [0.3, 0.4) is 0 Å². The Morgan fingerprint density at radius 1 is 1.30 bits per heavy atom. The summed E-state index contributed by atoms with van der Waals surface area (Å²) in [5, 5.41) is 6.74. The number of aliphatic imine (C=N–C) groups is 1. The van der Waals surface area contributed by atoms with E-state index < -0.39 is 0 Å². The Hall–Kier alpha value is -0.870. The number of hydrogen-bond donors (Lipinski definition) is 2. The molecule has 6 nitrogen and oxygen atoms in total. The molecule has 0 spiro atoms. The van der Waals surface area contributed by atoms with Gasteiger partial charge in [0, 0.05) is 36.7 Å². The van der Waals surface area contributed by atoms with Gasteiger partial charge in [0.15, 0.2) is 5.96 Å². The second-order valence-electron chi connectivity index (χ2n) is 6.41. The van der Waals surface area contributed by atoms with Crippen LogP contribution in [0, 0.1) is 0 Å². The third-order valence-corrected chi connectivity index (χ3v) is 4.93. The van der Waals surface area contributed by atoms with Gasteiger partial charge in [0.05, 0.1) is 20.1 Å². The van der Waals surface area contributed by atoms with Gasteiger partial charge in [0.25, 0.3) is 0 Å². The maximum atomic E-state index is 11.2. The lowest BCUT2D eigenvalue weighted by molar-refractivity contribution is -0.140. The number of nitrogens with zero attached hydrogens (tertiary/aromatic N) is 2. The molecule has 2 N–H and O–H groups in total. The summed E-state index contributed by atoms with van der Waals surface area (Å²) in [4.78, 5) is 18.2. The molecule has 0 atom stereocenters. The van der Waals surface area contributed by atoms with Crippen LogP contribution in [0.5, 0.6) is 0 Å². The van der Waals surface area contributed by atoms with Crippen LogP contribution in [0.25, 0.3) is 0 Å². The van der Waals surface area contributed by atoms with Crippen molar-refractivity contribution in [2.24, 2.45) is 4.99 Å². The third kappa shape index (κ3) is 9.25. The van der Waals surface area contributed by atoms with E-state index in [2.05, 4.69) is 65.5 Å². The zero-order valence-corrected chi connectivity index (χ0v) is 20.0. The first-order valence-electron chi connectivity index (χ1n) is 9.19. The summed E-state index contributed by atoms with van der Waals surface area (Å²) >= 11 is 3.48. The van der Waals surface area contributed by atoms with Crippen molar-refractivity contribution in [3.63, 3.8) is 0 Å². The van der Waals surface area contributed by atoms with Crippen LogP contribution in [0.4, 0.5) is 0 Å². The molecule has 0 aromatic heterocycles. The van der Waals surface area contributed by atoms with Gasteiger partial charge in [0.2, 0.25) is 0 Å². The van der Waals surface area contributed by atoms with Gasteiger partial charge >= 0.3 is 5.97 Å². The molecule has 0 unspecified atom stereocenters. The lowest BCUT2D eigenvalue weighted by Gasteiger charge is -2.33. The molecule has 152 valence electrons. The van der Waals surface area contributed by atoms with Crippen molar-refractivity contribution < 1.29 is 9.53 Å². The first kappa shape index (κ1) is 24.2. The number of carbonyl (C=O) groups excluding carboxylic acids is 1. The normalized spacial score (nSPS) is 15.7. The number of hydrogen-bond acceptors (Lipinski definition) is 4. The van der Waals surface area contributed by atoms with Gasteiger partial charge < -0.3 is 15.4 Å². The summed E-state index contributed by atoms with van der Waals surface area (Å²) in [5.74, 6) is 0.550. The number of esters is 1. The highest BCUT2D eigenvalue weighted by Gasteiger charge is 2.20. The lowest BCUT2D eigenvalue weighted by atomic mass is 10.0. The van der Waals surface area contributed by atoms with Crippen molar-refractivity contribution in [3.05, 3.63) is 34.3 Å². The Morgan fingerprint density at radius 2 is 1.96 bits per heavy atom. The quantitative estimate of drug-likeness (QED) is 0.235. The van der Waals surface area contributed by atoms with Crippen molar-refractivity contribution in [2.75, 3.05) is 33.3 Å². The zero-order valence-electron chi connectivity index (χ0n) is 16.0. The van der Waals surface area contributed by atoms with E-state index in [4.69, 9.17) is 0 Å². The minimum Gasteiger partial charge on any atom is -0.469 e. The van der Waals surface area contributed by atoms with Gasteiger partial charge in [-0.2, -0.15) is 0 Å². The van der Waals surface area contributed by atoms with Crippen molar-refractivity contribution in [1.82, 2.24) is 15.5 Å². The Bertz CT molecular complexity index is 590. The van der Waals surface area contributed by atoms with Gasteiger partial charge in [-0.15, -0.1) is 24.0 Å². The van der Waals surface area contributed by atoms with Crippen LogP contribution >= 0.6 is 39.9 Å². The number of rotatable bonds is 7. The van der Waals surface area contributed by atoms with Gasteiger partial charge in [-0.25, -0.2) is 0 Å². The molecule has 0 bridgehead atoms. The van der Waals surface area contributed by atoms with Gasteiger partial charge in [0.1, 0.15) is 0 Å². The summed E-state index contributed by atoms with van der Waals surface area (Å²) in [5.41, 5.74) is 1.34. The van der Waals surface area contributed by atoms with Crippen molar-refractivity contribution in [3.8, 4) is 0 Å². The minimum atomic E-state index is -0.231. The predicted octanol–water partition coefficient (Wildman–Crippen LogP) is 3.15. The molecule has 1 aliphatic heterocycles. The number of guanidine groups is 1. The standard InChI is InChI=1S/C19H29BrN4O2.HI/c1-3-21-19(22-11-8-18(25)26-2)23-17-9-12-24(13-10-17)14-15-4-6-16(20)7-5-15;/h4-7,17H,3,8-14H2,1-2H3,(H2,21,22,23);1H. The molecule has 1 aromatic rings. The number of halogens is 2. The minimum absolute atomic E-state index is 0. The molecule has 2 rings (SSSR count). The number of piperidine rings is 1. The van der Waals surface area contributed by atoms with Crippen LogP contribution < -0.4 is 10.6 Å². The Kier molecular flexibility index (Phi) is 11.9. The monoisotopic (exact) mass is 552 g/mol. The Labute approximate surface area is 187 Å². The van der Waals surface area contributed by atoms with E-state index in [9.17, 15) is 4.79 Å². The third-order valence-electron chi connectivity index (χ3n) is 4.41. The van der Waals surface area contributed by atoms with Crippen molar-refractivity contribution >= 4 is 51.8 Å². The van der Waals surface area contributed by atoms with Crippen LogP contribution in [0.15, 0.2) is 33.7 Å². The zero-order chi connectivity index (χ0) is 18.8. The average molecular weight is 553 g/mol. The van der Waals surface area contributed by atoms with E-state index >= 15 is 0 Å². The molecule has 27 heavy (non-hydrogen) atoms. The fourth-order valence-electron chi connectivity index (χ4n) is 2.96. The molecule has 1 aromatic carbocycles. The maximum Gasteiger partial charge on any atom is 0.307 e. The number of nitrogens with one attached hydrogen (secondary N) is 2. The molecular weight excluding hydrogens is 523 g/mol. The smallest absolute Gasteiger partial charge is 0.307 e. The molecule has 1 fully saturated rings. The predicted molar refractivity (Wildman–Crippen MR) is 124 cm³/mol. The van der Waals surface area contributed by atoms with Crippen LogP contribution in [0.1, 0.15) is 31.7 Å². The molecule has 0 radical (unpaired) electrons. The van der Waals surface area contributed by atoms with E-state index in [0.717, 1.165) is 49.5 Å². The van der Waals surface area contributed by atoms with Crippen LogP contribution in [0.2, 0.25) is 0 Å². The van der Waals surface area contributed by atoms with Gasteiger partial charge in [-0.3, -0.25) is 14.7 Å². The summed E-state index contributed by atoms with van der Waals surface area (Å²) in [6.07, 6.45) is 2.47. The Morgan fingerprint density at radius 3 is 2.56 bits per heavy atom. The van der Waals surface area contributed by atoms with Crippen LogP contribution in [-0.4, -0.2) is 56.2 Å². The maximum absolute atomic E-state index is 11.2. The summed E-state index contributed by atoms with van der Waals surface area (Å²) in [7, 11) is 1.40. The summed E-state index contributed by atoms with van der Waals surface area (Å²) < 4.78 is 5.77. The lowest BCUT2D eigenvalue weighted by Crippen LogP contribution is -2.48. The molecule has 1 aliphatic rings. The number of methoxy groups -OCH3 is 1. The van der Waals surface area contributed by atoms with E-state index in [-0.39, 0.29) is 29.9 Å². The highest BCUT2D eigenvalue weighted by atomic mass is 127. The first-order chi connectivity index (χ1) is 12.6. The topological polar surface area (TPSA) is 66.0 Å².